The first-order valence-corrected chi connectivity index (χ1v) is 11.7. The molecule has 0 bridgehead atoms. The van der Waals surface area contributed by atoms with Crippen LogP contribution < -0.4 is 22.5 Å². The first-order chi connectivity index (χ1) is 13.4. The van der Waals surface area contributed by atoms with Crippen LogP contribution in [0.15, 0.2) is 103 Å². The SMILES string of the molecule is c1ccc(Oc2ccccc2[As]2c3ccccc3Oc3ccccc32)cc1. The Balaban J connectivity index is 1.67. The summed E-state index contributed by atoms with van der Waals surface area (Å²) in [7, 11) is 0. The molecule has 130 valence electrons. The summed E-state index contributed by atoms with van der Waals surface area (Å²) in [5.41, 5.74) is 0. The van der Waals surface area contributed by atoms with E-state index in [2.05, 4.69) is 54.6 Å². The number of rotatable bonds is 3. The molecule has 4 aromatic rings. The van der Waals surface area contributed by atoms with Crippen LogP contribution in [-0.4, -0.2) is 14.7 Å². The molecule has 0 fully saturated rings. The number of hydrogen-bond donors (Lipinski definition) is 0. The van der Waals surface area contributed by atoms with Crippen molar-refractivity contribution in [2.45, 2.75) is 0 Å². The number of benzene rings is 4. The zero-order valence-electron chi connectivity index (χ0n) is 14.6. The van der Waals surface area contributed by atoms with Gasteiger partial charge in [0.05, 0.1) is 0 Å². The average Bonchev–Trinajstić information content (AvgIpc) is 2.73. The van der Waals surface area contributed by atoms with Gasteiger partial charge in [-0.3, -0.25) is 0 Å². The van der Waals surface area contributed by atoms with Gasteiger partial charge in [-0.15, -0.1) is 0 Å². The molecule has 0 amide bonds. The second-order valence-electron chi connectivity index (χ2n) is 6.26. The van der Waals surface area contributed by atoms with E-state index in [-0.39, 0.29) is 0 Å². The van der Waals surface area contributed by atoms with E-state index < -0.39 is 14.7 Å². The monoisotopic (exact) mass is 412 g/mol. The Kier molecular flexibility index (Phi) is 4.20. The van der Waals surface area contributed by atoms with Crippen LogP contribution in [0.25, 0.3) is 0 Å². The van der Waals surface area contributed by atoms with Gasteiger partial charge >= 0.3 is 163 Å². The van der Waals surface area contributed by atoms with Crippen LogP contribution in [0.1, 0.15) is 0 Å². The van der Waals surface area contributed by atoms with Crippen molar-refractivity contribution in [2.24, 2.45) is 0 Å². The number of fused-ring (bicyclic) bond motifs is 2. The van der Waals surface area contributed by atoms with Crippen LogP contribution in [0.3, 0.4) is 0 Å². The van der Waals surface area contributed by atoms with Crippen LogP contribution in [-0.2, 0) is 0 Å². The molecule has 27 heavy (non-hydrogen) atoms. The molecule has 0 saturated heterocycles. The van der Waals surface area contributed by atoms with Crippen molar-refractivity contribution in [1.82, 2.24) is 0 Å². The van der Waals surface area contributed by atoms with Crippen molar-refractivity contribution in [1.29, 1.82) is 0 Å². The van der Waals surface area contributed by atoms with Crippen molar-refractivity contribution in [3.05, 3.63) is 103 Å². The Morgan fingerprint density at radius 3 is 1.70 bits per heavy atom. The molecule has 2 nitrogen and oxygen atoms in total. The first kappa shape index (κ1) is 16.2. The van der Waals surface area contributed by atoms with Gasteiger partial charge in [0.25, 0.3) is 0 Å². The summed E-state index contributed by atoms with van der Waals surface area (Å²) in [4.78, 5) is 0. The molecule has 1 aliphatic rings. The maximum atomic E-state index is 6.29. The summed E-state index contributed by atoms with van der Waals surface area (Å²) >= 11 is -1.80. The van der Waals surface area contributed by atoms with E-state index in [1.54, 1.807) is 0 Å². The molecular formula is C24H17AsO2. The van der Waals surface area contributed by atoms with Gasteiger partial charge in [-0.25, -0.2) is 0 Å². The van der Waals surface area contributed by atoms with E-state index in [1.165, 1.54) is 13.1 Å². The number of ether oxygens (including phenoxy) is 2. The maximum absolute atomic E-state index is 6.29. The first-order valence-electron chi connectivity index (χ1n) is 8.88. The van der Waals surface area contributed by atoms with E-state index in [9.17, 15) is 0 Å². The zero-order chi connectivity index (χ0) is 18.1. The fraction of sp³-hybridized carbons (Fsp3) is 0. The van der Waals surface area contributed by atoms with Crippen molar-refractivity contribution in [2.75, 3.05) is 0 Å². The van der Waals surface area contributed by atoms with Crippen molar-refractivity contribution < 1.29 is 9.47 Å². The third-order valence-electron chi connectivity index (χ3n) is 4.51. The molecule has 1 heterocycles. The summed E-state index contributed by atoms with van der Waals surface area (Å²) in [6.07, 6.45) is 0. The molecular weight excluding hydrogens is 395 g/mol. The molecule has 0 spiro atoms. The second kappa shape index (κ2) is 6.98. The summed E-state index contributed by atoms with van der Waals surface area (Å²) in [5, 5.41) is 0. The van der Waals surface area contributed by atoms with E-state index in [4.69, 9.17) is 9.47 Å². The topological polar surface area (TPSA) is 18.5 Å². The van der Waals surface area contributed by atoms with Crippen LogP contribution in [0.4, 0.5) is 0 Å². The van der Waals surface area contributed by atoms with Crippen LogP contribution in [0, 0.1) is 0 Å². The van der Waals surface area contributed by atoms with Crippen molar-refractivity contribution in [3.63, 3.8) is 0 Å². The summed E-state index contributed by atoms with van der Waals surface area (Å²) in [5.74, 6) is 3.71. The van der Waals surface area contributed by atoms with E-state index in [0.717, 1.165) is 23.0 Å². The Labute approximate surface area is 163 Å². The molecule has 5 rings (SSSR count). The minimum absolute atomic E-state index is 0.855. The van der Waals surface area contributed by atoms with Gasteiger partial charge in [0, 0.05) is 0 Å². The van der Waals surface area contributed by atoms with Crippen molar-refractivity contribution >= 4 is 27.7 Å². The van der Waals surface area contributed by atoms with Crippen LogP contribution in [0.5, 0.6) is 23.0 Å². The Hall–Kier alpha value is -2.96. The molecule has 0 saturated carbocycles. The third kappa shape index (κ3) is 3.03. The summed E-state index contributed by atoms with van der Waals surface area (Å²) in [6.45, 7) is 0. The van der Waals surface area contributed by atoms with Gasteiger partial charge in [-0.05, 0) is 0 Å². The molecule has 0 N–H and O–H groups in total. The van der Waals surface area contributed by atoms with E-state index >= 15 is 0 Å². The molecule has 3 heteroatoms. The van der Waals surface area contributed by atoms with Gasteiger partial charge in [-0.1, -0.05) is 0 Å². The number of hydrogen-bond acceptors (Lipinski definition) is 2. The Morgan fingerprint density at radius 2 is 1.04 bits per heavy atom. The minimum atomic E-state index is -1.80. The van der Waals surface area contributed by atoms with Gasteiger partial charge in [0.1, 0.15) is 0 Å². The molecule has 0 atom stereocenters. The summed E-state index contributed by atoms with van der Waals surface area (Å²) < 4.78 is 16.3. The zero-order valence-corrected chi connectivity index (χ0v) is 16.5. The predicted molar refractivity (Wildman–Crippen MR) is 111 cm³/mol. The summed E-state index contributed by atoms with van der Waals surface area (Å²) in [6, 6.07) is 35.2. The predicted octanol–water partition coefficient (Wildman–Crippen LogP) is 4.10. The quantitative estimate of drug-likeness (QED) is 0.416. The molecule has 4 aromatic carbocycles. The van der Waals surface area contributed by atoms with Crippen LogP contribution in [0.2, 0.25) is 0 Å². The van der Waals surface area contributed by atoms with Gasteiger partial charge in [-0.2, -0.15) is 0 Å². The van der Waals surface area contributed by atoms with E-state index in [0.29, 0.717) is 0 Å². The van der Waals surface area contributed by atoms with Crippen LogP contribution >= 0.6 is 0 Å². The number of para-hydroxylation sites is 4. The Morgan fingerprint density at radius 1 is 0.519 bits per heavy atom. The Bertz CT molecular complexity index is 1050. The van der Waals surface area contributed by atoms with Gasteiger partial charge in [0.2, 0.25) is 0 Å². The second-order valence-corrected chi connectivity index (χ2v) is 10.7. The van der Waals surface area contributed by atoms with Crippen molar-refractivity contribution in [3.8, 4) is 23.0 Å². The molecule has 0 unspecified atom stereocenters. The van der Waals surface area contributed by atoms with Gasteiger partial charge in [0.15, 0.2) is 0 Å². The van der Waals surface area contributed by atoms with Gasteiger partial charge < -0.3 is 0 Å². The normalized spacial score (nSPS) is 12.6. The molecule has 0 aliphatic carbocycles. The third-order valence-corrected chi connectivity index (χ3v) is 9.87. The fourth-order valence-electron chi connectivity index (χ4n) is 3.31. The standard InChI is InChI=1S/C24H17AsO2/c1-2-10-18(11-3-1)26-22-15-7-4-12-19(22)25-20-13-5-8-16-23(20)27-24-17-9-6-14-21(24)25/h1-17H. The van der Waals surface area contributed by atoms with E-state index in [1.807, 2.05) is 48.5 Å². The average molecular weight is 412 g/mol. The molecule has 0 aromatic heterocycles. The fourth-order valence-corrected chi connectivity index (χ4v) is 8.57. The molecule has 1 aliphatic heterocycles. The molecule has 0 radical (unpaired) electrons.